The molecule has 0 radical (unpaired) electrons. The molecule has 1 aromatic heterocycles. The molecule has 25 heavy (non-hydrogen) atoms. The van der Waals surface area contributed by atoms with Crippen LogP contribution in [0.1, 0.15) is 49.3 Å². The summed E-state index contributed by atoms with van der Waals surface area (Å²) in [4.78, 5) is 12.7. The van der Waals surface area contributed by atoms with Gasteiger partial charge in [-0.2, -0.15) is 11.3 Å². The molecule has 2 bridgehead atoms. The van der Waals surface area contributed by atoms with Gasteiger partial charge in [-0.1, -0.05) is 23.7 Å². The van der Waals surface area contributed by atoms with Gasteiger partial charge in [0.25, 0.3) is 0 Å². The molecular weight excluding hydrogens is 352 g/mol. The molecule has 2 N–H and O–H groups in total. The fourth-order valence-corrected chi connectivity index (χ4v) is 5.09. The minimum absolute atomic E-state index is 0.102. The number of piperidine rings is 1. The Balaban J connectivity index is 1.45. The third-order valence-corrected chi connectivity index (χ3v) is 6.38. The van der Waals surface area contributed by atoms with E-state index in [0.717, 1.165) is 24.0 Å². The Labute approximate surface area is 157 Å². The minimum Gasteiger partial charge on any atom is -0.345 e. The van der Waals surface area contributed by atoms with E-state index in [9.17, 15) is 4.79 Å². The van der Waals surface area contributed by atoms with Crippen molar-refractivity contribution in [2.45, 2.75) is 50.2 Å². The Morgan fingerprint density at radius 2 is 1.88 bits per heavy atom. The standard InChI is InChI=1S/C20H23ClN2OS/c21-16-3-1-14(2-4-16)20(15-7-8-25-12-15)23-19(24)11-13-9-17-5-6-18(10-13)22-17/h1-4,7-8,12-13,17-18,20,22H,5-6,9-11H2,(H,23,24). The van der Waals surface area contributed by atoms with Crippen LogP contribution in [0.3, 0.4) is 0 Å². The van der Waals surface area contributed by atoms with Crippen LogP contribution in [0.25, 0.3) is 0 Å². The first-order valence-corrected chi connectivity index (χ1v) is 10.3. The zero-order valence-electron chi connectivity index (χ0n) is 14.1. The maximum atomic E-state index is 12.7. The second-order valence-corrected chi connectivity index (χ2v) is 8.50. The predicted octanol–water partition coefficient (Wildman–Crippen LogP) is 4.53. The summed E-state index contributed by atoms with van der Waals surface area (Å²) in [5.41, 5.74) is 2.20. The average molecular weight is 375 g/mol. The van der Waals surface area contributed by atoms with Crippen molar-refractivity contribution in [3.8, 4) is 0 Å². The third kappa shape index (κ3) is 4.08. The molecule has 2 fully saturated rings. The lowest BCUT2D eigenvalue weighted by atomic mass is 9.89. The van der Waals surface area contributed by atoms with Gasteiger partial charge in [-0.05, 0) is 71.7 Å². The van der Waals surface area contributed by atoms with Gasteiger partial charge in [-0.15, -0.1) is 0 Å². The lowest BCUT2D eigenvalue weighted by molar-refractivity contribution is -0.122. The Morgan fingerprint density at radius 3 is 2.52 bits per heavy atom. The van der Waals surface area contributed by atoms with Crippen LogP contribution in [-0.2, 0) is 4.79 Å². The number of fused-ring (bicyclic) bond motifs is 2. The topological polar surface area (TPSA) is 41.1 Å². The fourth-order valence-electron chi connectivity index (χ4n) is 4.28. The number of nitrogens with one attached hydrogen (secondary N) is 2. The fraction of sp³-hybridized carbons (Fsp3) is 0.450. The van der Waals surface area contributed by atoms with E-state index in [-0.39, 0.29) is 11.9 Å². The normalized spacial score (nSPS) is 26.4. The maximum absolute atomic E-state index is 12.7. The number of carbonyl (C=O) groups excluding carboxylic acids is 1. The predicted molar refractivity (Wildman–Crippen MR) is 103 cm³/mol. The first-order chi connectivity index (χ1) is 12.2. The zero-order valence-corrected chi connectivity index (χ0v) is 15.7. The molecule has 3 unspecified atom stereocenters. The molecule has 3 heterocycles. The molecule has 3 atom stereocenters. The Hall–Kier alpha value is -1.36. The Kier molecular flexibility index (Phi) is 5.11. The lowest BCUT2D eigenvalue weighted by Crippen LogP contribution is -2.40. The van der Waals surface area contributed by atoms with Gasteiger partial charge in [0.05, 0.1) is 6.04 Å². The van der Waals surface area contributed by atoms with Crippen LogP contribution >= 0.6 is 22.9 Å². The summed E-state index contributed by atoms with van der Waals surface area (Å²) in [5, 5.41) is 11.8. The second-order valence-electron chi connectivity index (χ2n) is 7.29. The highest BCUT2D eigenvalue weighted by molar-refractivity contribution is 7.08. The van der Waals surface area contributed by atoms with Crippen LogP contribution in [0, 0.1) is 5.92 Å². The molecule has 0 spiro atoms. The Bertz CT molecular complexity index is 704. The first-order valence-electron chi connectivity index (χ1n) is 9.00. The number of halogens is 1. The molecule has 1 amide bonds. The summed E-state index contributed by atoms with van der Waals surface area (Å²) in [7, 11) is 0. The molecule has 1 aromatic carbocycles. The summed E-state index contributed by atoms with van der Waals surface area (Å²) in [5.74, 6) is 0.657. The smallest absolute Gasteiger partial charge is 0.221 e. The molecule has 2 saturated heterocycles. The van der Waals surface area contributed by atoms with Gasteiger partial charge in [0, 0.05) is 23.5 Å². The molecule has 3 nitrogen and oxygen atoms in total. The van der Waals surface area contributed by atoms with E-state index in [1.54, 1.807) is 11.3 Å². The highest BCUT2D eigenvalue weighted by Gasteiger charge is 2.34. The SMILES string of the molecule is O=C(CC1CC2CCC(C1)N2)NC(c1ccc(Cl)cc1)c1ccsc1. The lowest BCUT2D eigenvalue weighted by Gasteiger charge is -2.29. The van der Waals surface area contributed by atoms with Crippen LogP contribution < -0.4 is 10.6 Å². The van der Waals surface area contributed by atoms with Crippen molar-refractivity contribution in [1.29, 1.82) is 0 Å². The van der Waals surface area contributed by atoms with Crippen LogP contribution in [0.4, 0.5) is 0 Å². The molecule has 0 saturated carbocycles. The summed E-state index contributed by atoms with van der Waals surface area (Å²) in [6, 6.07) is 11.0. The van der Waals surface area contributed by atoms with Crippen molar-refractivity contribution in [1.82, 2.24) is 10.6 Å². The van der Waals surface area contributed by atoms with E-state index >= 15 is 0 Å². The van der Waals surface area contributed by atoms with E-state index in [4.69, 9.17) is 11.6 Å². The van der Waals surface area contributed by atoms with Gasteiger partial charge < -0.3 is 10.6 Å². The molecule has 2 aliphatic heterocycles. The van der Waals surface area contributed by atoms with Gasteiger partial charge in [-0.3, -0.25) is 4.79 Å². The monoisotopic (exact) mass is 374 g/mol. The van der Waals surface area contributed by atoms with Crippen molar-refractivity contribution in [3.63, 3.8) is 0 Å². The van der Waals surface area contributed by atoms with Crippen molar-refractivity contribution in [3.05, 3.63) is 57.2 Å². The van der Waals surface area contributed by atoms with Gasteiger partial charge in [0.1, 0.15) is 0 Å². The van der Waals surface area contributed by atoms with E-state index in [2.05, 4.69) is 27.5 Å². The van der Waals surface area contributed by atoms with Crippen LogP contribution in [0.2, 0.25) is 5.02 Å². The van der Waals surface area contributed by atoms with Crippen molar-refractivity contribution >= 4 is 28.8 Å². The van der Waals surface area contributed by atoms with E-state index in [0.29, 0.717) is 29.4 Å². The van der Waals surface area contributed by atoms with E-state index in [1.807, 2.05) is 24.3 Å². The minimum atomic E-state index is -0.102. The summed E-state index contributed by atoms with van der Waals surface area (Å²) in [6.45, 7) is 0. The van der Waals surface area contributed by atoms with Gasteiger partial charge in [0.15, 0.2) is 0 Å². The van der Waals surface area contributed by atoms with Gasteiger partial charge in [-0.25, -0.2) is 0 Å². The Morgan fingerprint density at radius 1 is 1.16 bits per heavy atom. The number of rotatable bonds is 5. The third-order valence-electron chi connectivity index (χ3n) is 5.43. The molecule has 132 valence electrons. The number of hydrogen-bond donors (Lipinski definition) is 2. The number of carbonyl (C=O) groups is 1. The number of amides is 1. The van der Waals surface area contributed by atoms with E-state index in [1.165, 1.54) is 12.8 Å². The molecule has 5 heteroatoms. The summed E-state index contributed by atoms with van der Waals surface area (Å²) < 4.78 is 0. The number of benzene rings is 1. The van der Waals surface area contributed by atoms with Gasteiger partial charge >= 0.3 is 0 Å². The molecule has 2 aliphatic rings. The van der Waals surface area contributed by atoms with Gasteiger partial charge in [0.2, 0.25) is 5.91 Å². The second kappa shape index (κ2) is 7.48. The highest BCUT2D eigenvalue weighted by Crippen LogP contribution is 2.33. The molecule has 2 aromatic rings. The quantitative estimate of drug-likeness (QED) is 0.807. The van der Waals surface area contributed by atoms with Crippen molar-refractivity contribution < 1.29 is 4.79 Å². The van der Waals surface area contributed by atoms with E-state index < -0.39 is 0 Å². The first kappa shape index (κ1) is 17.1. The highest BCUT2D eigenvalue weighted by atomic mass is 35.5. The summed E-state index contributed by atoms with van der Waals surface area (Å²) in [6.07, 6.45) is 5.43. The van der Waals surface area contributed by atoms with Crippen molar-refractivity contribution in [2.75, 3.05) is 0 Å². The number of thiophene rings is 1. The molecule has 0 aliphatic carbocycles. The largest absolute Gasteiger partial charge is 0.345 e. The molecule has 4 rings (SSSR count). The van der Waals surface area contributed by atoms with Crippen LogP contribution in [-0.4, -0.2) is 18.0 Å². The number of hydrogen-bond acceptors (Lipinski definition) is 3. The van der Waals surface area contributed by atoms with Crippen molar-refractivity contribution in [2.24, 2.45) is 5.92 Å². The van der Waals surface area contributed by atoms with Crippen LogP contribution in [0.15, 0.2) is 41.1 Å². The average Bonchev–Trinajstić information content (AvgIpc) is 3.23. The maximum Gasteiger partial charge on any atom is 0.221 e. The van der Waals surface area contributed by atoms with Crippen LogP contribution in [0.5, 0.6) is 0 Å². The summed E-state index contributed by atoms with van der Waals surface area (Å²) >= 11 is 7.67. The zero-order chi connectivity index (χ0) is 17.2. The molecular formula is C20H23ClN2OS.